The molecule has 0 saturated heterocycles. The number of aromatic nitrogens is 2. The third kappa shape index (κ3) is 5.19. The van der Waals surface area contributed by atoms with Crippen molar-refractivity contribution >= 4 is 11.9 Å². The van der Waals surface area contributed by atoms with Crippen molar-refractivity contribution in [2.45, 2.75) is 39.5 Å². The molecule has 0 radical (unpaired) electrons. The normalized spacial score (nSPS) is 13.5. The zero-order valence-electron chi connectivity index (χ0n) is 16.4. The third-order valence-electron chi connectivity index (χ3n) is 4.99. The number of rotatable bonds is 10. The fourth-order valence-corrected chi connectivity index (χ4v) is 3.15. The predicted molar refractivity (Wildman–Crippen MR) is 105 cm³/mol. The van der Waals surface area contributed by atoms with Crippen LogP contribution in [0.4, 0.5) is 0 Å². The summed E-state index contributed by atoms with van der Waals surface area (Å²) in [5.41, 5.74) is 4.12. The summed E-state index contributed by atoms with van der Waals surface area (Å²) in [4.78, 5) is 23.1. The second-order valence-electron chi connectivity index (χ2n) is 7.28. The van der Waals surface area contributed by atoms with Crippen LogP contribution in [0, 0.1) is 19.8 Å². The fourth-order valence-electron chi connectivity index (χ4n) is 3.15. The van der Waals surface area contributed by atoms with Crippen molar-refractivity contribution in [3.63, 3.8) is 0 Å². The molecule has 2 aromatic rings. The number of carbonyl (C=O) groups is 2. The Morgan fingerprint density at radius 1 is 1.25 bits per heavy atom. The summed E-state index contributed by atoms with van der Waals surface area (Å²) in [6, 6.07) is 7.23. The van der Waals surface area contributed by atoms with Gasteiger partial charge >= 0.3 is 5.97 Å². The number of amides is 1. The van der Waals surface area contributed by atoms with Gasteiger partial charge in [-0.3, -0.25) is 9.59 Å². The van der Waals surface area contributed by atoms with Crippen LogP contribution in [-0.4, -0.2) is 46.5 Å². The highest BCUT2D eigenvalue weighted by Crippen LogP contribution is 2.28. The first-order chi connectivity index (χ1) is 13.5. The van der Waals surface area contributed by atoms with Crippen LogP contribution in [0.3, 0.4) is 0 Å². The van der Waals surface area contributed by atoms with Crippen molar-refractivity contribution in [1.82, 2.24) is 15.1 Å². The van der Waals surface area contributed by atoms with Gasteiger partial charge in [0.1, 0.15) is 0 Å². The Balaban J connectivity index is 1.58. The fraction of sp³-hybridized carbons (Fsp3) is 0.476. The molecule has 0 unspecified atom stereocenters. The molecule has 0 bridgehead atoms. The van der Waals surface area contributed by atoms with Crippen molar-refractivity contribution in [3.05, 3.63) is 46.8 Å². The van der Waals surface area contributed by atoms with Gasteiger partial charge in [0.2, 0.25) is 0 Å². The predicted octanol–water partition coefficient (Wildman–Crippen LogP) is 2.66. The SMILES string of the molecule is Cc1nn(-c2ccc(C(=O)NCCOCC3CC3)cc2)c(C)c1CCC(=O)O. The Kier molecular flexibility index (Phi) is 6.46. The van der Waals surface area contributed by atoms with Crippen molar-refractivity contribution in [1.29, 1.82) is 0 Å². The maximum absolute atomic E-state index is 12.2. The van der Waals surface area contributed by atoms with Crippen LogP contribution in [0.5, 0.6) is 0 Å². The standard InChI is InChI=1S/C21H27N3O4/c1-14-19(9-10-20(25)26)15(2)24(23-14)18-7-5-17(6-8-18)21(27)22-11-12-28-13-16-3-4-16/h5-8,16H,3-4,9-13H2,1-2H3,(H,22,27)(H,25,26). The molecule has 1 aliphatic carbocycles. The number of carboxylic acids is 1. The minimum atomic E-state index is -0.820. The van der Waals surface area contributed by atoms with E-state index in [2.05, 4.69) is 10.4 Å². The van der Waals surface area contributed by atoms with E-state index in [0.29, 0.717) is 25.1 Å². The Labute approximate surface area is 164 Å². The van der Waals surface area contributed by atoms with E-state index in [4.69, 9.17) is 9.84 Å². The van der Waals surface area contributed by atoms with Crippen molar-refractivity contribution in [2.75, 3.05) is 19.8 Å². The quantitative estimate of drug-likeness (QED) is 0.613. The van der Waals surface area contributed by atoms with Crippen LogP contribution in [0.2, 0.25) is 0 Å². The molecule has 0 spiro atoms. The monoisotopic (exact) mass is 385 g/mol. The lowest BCUT2D eigenvalue weighted by molar-refractivity contribution is -0.136. The number of benzene rings is 1. The smallest absolute Gasteiger partial charge is 0.303 e. The summed E-state index contributed by atoms with van der Waals surface area (Å²) in [7, 11) is 0. The Bertz CT molecular complexity index is 838. The zero-order valence-corrected chi connectivity index (χ0v) is 16.4. The number of aliphatic carboxylic acids is 1. The maximum Gasteiger partial charge on any atom is 0.303 e. The number of ether oxygens (including phenoxy) is 1. The van der Waals surface area contributed by atoms with Crippen LogP contribution in [0.1, 0.15) is 46.6 Å². The molecule has 1 amide bonds. The molecule has 1 aromatic carbocycles. The molecule has 0 aliphatic heterocycles. The van der Waals surface area contributed by atoms with Gasteiger partial charge in [0.05, 0.1) is 18.0 Å². The second-order valence-corrected chi connectivity index (χ2v) is 7.28. The van der Waals surface area contributed by atoms with E-state index in [0.717, 1.165) is 35.2 Å². The van der Waals surface area contributed by atoms with Crippen LogP contribution in [0.15, 0.2) is 24.3 Å². The molecule has 1 heterocycles. The zero-order chi connectivity index (χ0) is 20.1. The van der Waals surface area contributed by atoms with Gasteiger partial charge in [-0.1, -0.05) is 0 Å². The minimum absolute atomic E-state index is 0.0802. The molecule has 1 aliphatic rings. The highest BCUT2D eigenvalue weighted by molar-refractivity contribution is 5.94. The van der Waals surface area contributed by atoms with Gasteiger partial charge in [0.15, 0.2) is 0 Å². The van der Waals surface area contributed by atoms with Gasteiger partial charge in [0.25, 0.3) is 5.91 Å². The highest BCUT2D eigenvalue weighted by atomic mass is 16.5. The number of nitrogens with zero attached hydrogens (tertiary/aromatic N) is 2. The average molecular weight is 385 g/mol. The maximum atomic E-state index is 12.2. The first-order valence-electron chi connectivity index (χ1n) is 9.69. The number of hydrogen-bond acceptors (Lipinski definition) is 4. The van der Waals surface area contributed by atoms with E-state index in [1.165, 1.54) is 12.8 Å². The third-order valence-corrected chi connectivity index (χ3v) is 4.99. The topological polar surface area (TPSA) is 93.5 Å². The first-order valence-corrected chi connectivity index (χ1v) is 9.69. The van der Waals surface area contributed by atoms with Crippen LogP contribution < -0.4 is 5.32 Å². The molecule has 7 heteroatoms. The molecular formula is C21H27N3O4. The summed E-state index contributed by atoms with van der Waals surface area (Å²) in [5, 5.41) is 16.3. The van der Waals surface area contributed by atoms with E-state index >= 15 is 0 Å². The van der Waals surface area contributed by atoms with Gasteiger partial charge < -0.3 is 15.2 Å². The summed E-state index contributed by atoms with van der Waals surface area (Å²) < 4.78 is 7.31. The van der Waals surface area contributed by atoms with Gasteiger partial charge in [0, 0.05) is 30.8 Å². The molecular weight excluding hydrogens is 358 g/mol. The number of hydrogen-bond donors (Lipinski definition) is 2. The Morgan fingerprint density at radius 2 is 1.96 bits per heavy atom. The molecule has 1 aromatic heterocycles. The van der Waals surface area contributed by atoms with Crippen molar-refractivity contribution in [3.8, 4) is 5.69 Å². The number of carbonyl (C=O) groups excluding carboxylic acids is 1. The number of aryl methyl sites for hydroxylation is 1. The van der Waals surface area contributed by atoms with E-state index in [1.807, 2.05) is 26.0 Å². The lowest BCUT2D eigenvalue weighted by Gasteiger charge is -2.08. The summed E-state index contributed by atoms with van der Waals surface area (Å²) in [6.45, 7) is 5.64. The lowest BCUT2D eigenvalue weighted by Crippen LogP contribution is -2.27. The highest BCUT2D eigenvalue weighted by Gasteiger charge is 2.21. The summed E-state index contributed by atoms with van der Waals surface area (Å²) in [6.07, 6.45) is 3.05. The van der Waals surface area contributed by atoms with E-state index in [-0.39, 0.29) is 12.3 Å². The number of carboxylic acid groups (broad SMARTS) is 1. The van der Waals surface area contributed by atoms with Gasteiger partial charge in [-0.15, -0.1) is 0 Å². The second kappa shape index (κ2) is 9.01. The molecule has 0 atom stereocenters. The first kappa shape index (κ1) is 20.1. The molecule has 1 fully saturated rings. The van der Waals surface area contributed by atoms with Gasteiger partial charge in [-0.05, 0) is 68.9 Å². The van der Waals surface area contributed by atoms with E-state index in [1.54, 1.807) is 16.8 Å². The molecule has 7 nitrogen and oxygen atoms in total. The largest absolute Gasteiger partial charge is 0.481 e. The number of nitrogens with one attached hydrogen (secondary N) is 1. The molecule has 28 heavy (non-hydrogen) atoms. The Hall–Kier alpha value is -2.67. The van der Waals surface area contributed by atoms with E-state index < -0.39 is 5.97 Å². The minimum Gasteiger partial charge on any atom is -0.481 e. The van der Waals surface area contributed by atoms with Gasteiger partial charge in [-0.2, -0.15) is 5.10 Å². The van der Waals surface area contributed by atoms with Gasteiger partial charge in [-0.25, -0.2) is 4.68 Å². The van der Waals surface area contributed by atoms with Crippen LogP contribution in [0.25, 0.3) is 5.69 Å². The average Bonchev–Trinajstić information content (AvgIpc) is 3.45. The summed E-state index contributed by atoms with van der Waals surface area (Å²) in [5.74, 6) is -0.223. The van der Waals surface area contributed by atoms with Crippen molar-refractivity contribution in [2.24, 2.45) is 5.92 Å². The lowest BCUT2D eigenvalue weighted by atomic mass is 10.1. The summed E-state index contributed by atoms with van der Waals surface area (Å²) >= 11 is 0. The molecule has 150 valence electrons. The molecule has 1 saturated carbocycles. The van der Waals surface area contributed by atoms with Crippen LogP contribution in [-0.2, 0) is 16.0 Å². The van der Waals surface area contributed by atoms with Crippen LogP contribution >= 0.6 is 0 Å². The Morgan fingerprint density at radius 3 is 2.61 bits per heavy atom. The molecule has 3 rings (SSSR count). The van der Waals surface area contributed by atoms with Crippen molar-refractivity contribution < 1.29 is 19.4 Å². The molecule has 2 N–H and O–H groups in total. The van der Waals surface area contributed by atoms with E-state index in [9.17, 15) is 9.59 Å².